The monoisotopic (exact) mass is 384 g/mol. The summed E-state index contributed by atoms with van der Waals surface area (Å²) in [5.41, 5.74) is 2.23. The smallest absolute Gasteiger partial charge is 0.223 e. The van der Waals surface area contributed by atoms with E-state index in [1.807, 2.05) is 13.0 Å². The Morgan fingerprint density at radius 3 is 2.89 bits per heavy atom. The van der Waals surface area contributed by atoms with Gasteiger partial charge in [-0.15, -0.1) is 0 Å². The van der Waals surface area contributed by atoms with Crippen LogP contribution in [0.2, 0.25) is 0 Å². The number of carbonyl (C=O) groups is 1. The van der Waals surface area contributed by atoms with Crippen LogP contribution in [0.25, 0.3) is 0 Å². The fraction of sp³-hybridized carbons (Fsp3) is 0.636. The van der Waals surface area contributed by atoms with Gasteiger partial charge in [0, 0.05) is 31.5 Å². The van der Waals surface area contributed by atoms with Crippen LogP contribution in [-0.4, -0.2) is 33.7 Å². The number of furan rings is 1. The zero-order chi connectivity index (χ0) is 19.5. The van der Waals surface area contributed by atoms with Crippen molar-refractivity contribution in [3.63, 3.8) is 0 Å². The SMILES string of the molecule is Cc1ccc([C@@H](C)CCN2CCCn3nc(CNC(=O)C4CCC4)cc3C2)o1. The van der Waals surface area contributed by atoms with Crippen molar-refractivity contribution >= 4 is 5.91 Å². The number of amides is 1. The lowest BCUT2D eigenvalue weighted by Gasteiger charge is -2.23. The van der Waals surface area contributed by atoms with Gasteiger partial charge in [0.15, 0.2) is 0 Å². The maximum Gasteiger partial charge on any atom is 0.223 e. The first-order chi connectivity index (χ1) is 13.6. The van der Waals surface area contributed by atoms with Crippen molar-refractivity contribution < 1.29 is 9.21 Å². The first-order valence-corrected chi connectivity index (χ1v) is 10.7. The third-order valence-electron chi connectivity index (χ3n) is 6.19. The first kappa shape index (κ1) is 19.2. The van der Waals surface area contributed by atoms with E-state index in [1.54, 1.807) is 0 Å². The molecule has 1 atom stereocenters. The first-order valence-electron chi connectivity index (χ1n) is 10.7. The Hall–Kier alpha value is -2.08. The minimum Gasteiger partial charge on any atom is -0.466 e. The maximum absolute atomic E-state index is 12.1. The molecule has 4 rings (SSSR count). The van der Waals surface area contributed by atoms with E-state index in [-0.39, 0.29) is 11.8 Å². The average Bonchev–Trinajstić information content (AvgIpc) is 3.17. The number of nitrogens with one attached hydrogen (secondary N) is 1. The molecule has 2 aromatic heterocycles. The second-order valence-electron chi connectivity index (χ2n) is 8.46. The van der Waals surface area contributed by atoms with Crippen molar-refractivity contribution in [2.75, 3.05) is 13.1 Å². The third-order valence-corrected chi connectivity index (χ3v) is 6.19. The van der Waals surface area contributed by atoms with Crippen molar-refractivity contribution in [2.45, 2.75) is 71.5 Å². The number of rotatable bonds is 7. The molecular formula is C22H32N4O2. The highest BCUT2D eigenvalue weighted by Crippen LogP contribution is 2.26. The summed E-state index contributed by atoms with van der Waals surface area (Å²) >= 11 is 0. The zero-order valence-corrected chi connectivity index (χ0v) is 17.1. The molecule has 152 valence electrons. The van der Waals surface area contributed by atoms with E-state index < -0.39 is 0 Å². The predicted molar refractivity (Wildman–Crippen MR) is 108 cm³/mol. The van der Waals surface area contributed by atoms with Gasteiger partial charge in [-0.1, -0.05) is 13.3 Å². The van der Waals surface area contributed by atoms with Gasteiger partial charge in [-0.05, 0) is 57.4 Å². The molecule has 1 aliphatic heterocycles. The van der Waals surface area contributed by atoms with Crippen molar-refractivity contribution in [1.29, 1.82) is 0 Å². The van der Waals surface area contributed by atoms with E-state index >= 15 is 0 Å². The van der Waals surface area contributed by atoms with E-state index in [2.05, 4.69) is 34.0 Å². The van der Waals surface area contributed by atoms with Gasteiger partial charge in [-0.3, -0.25) is 14.4 Å². The predicted octanol–water partition coefficient (Wildman–Crippen LogP) is 3.60. The van der Waals surface area contributed by atoms with Gasteiger partial charge >= 0.3 is 0 Å². The number of nitrogens with zero attached hydrogens (tertiary/aromatic N) is 3. The van der Waals surface area contributed by atoms with Crippen molar-refractivity contribution in [2.24, 2.45) is 5.92 Å². The summed E-state index contributed by atoms with van der Waals surface area (Å²) in [6.07, 6.45) is 5.46. The Balaban J connectivity index is 1.30. The van der Waals surface area contributed by atoms with Gasteiger partial charge in [-0.2, -0.15) is 5.10 Å². The Bertz CT molecular complexity index is 805. The number of aryl methyl sites for hydroxylation is 2. The van der Waals surface area contributed by atoms with Gasteiger partial charge in [0.1, 0.15) is 11.5 Å². The van der Waals surface area contributed by atoms with Crippen LogP contribution < -0.4 is 5.32 Å². The lowest BCUT2D eigenvalue weighted by Crippen LogP contribution is -2.34. The summed E-state index contributed by atoms with van der Waals surface area (Å²) < 4.78 is 7.91. The molecule has 0 unspecified atom stereocenters. The second-order valence-corrected chi connectivity index (χ2v) is 8.46. The van der Waals surface area contributed by atoms with E-state index in [1.165, 1.54) is 12.1 Å². The summed E-state index contributed by atoms with van der Waals surface area (Å²) in [5.74, 6) is 2.92. The summed E-state index contributed by atoms with van der Waals surface area (Å²) in [5, 5.41) is 7.78. The number of carbonyl (C=O) groups excluding carboxylic acids is 1. The van der Waals surface area contributed by atoms with Crippen LogP contribution in [0.15, 0.2) is 22.6 Å². The highest BCUT2D eigenvalue weighted by Gasteiger charge is 2.25. The quantitative estimate of drug-likeness (QED) is 0.792. The fourth-order valence-corrected chi connectivity index (χ4v) is 4.09. The number of fused-ring (bicyclic) bond motifs is 1. The fourth-order valence-electron chi connectivity index (χ4n) is 4.09. The van der Waals surface area contributed by atoms with Gasteiger partial charge in [0.2, 0.25) is 5.91 Å². The van der Waals surface area contributed by atoms with Crippen molar-refractivity contribution in [3.8, 4) is 0 Å². The maximum atomic E-state index is 12.1. The van der Waals surface area contributed by atoms with E-state index in [0.717, 1.165) is 69.1 Å². The lowest BCUT2D eigenvalue weighted by atomic mass is 9.85. The molecule has 1 aliphatic carbocycles. The molecule has 0 radical (unpaired) electrons. The normalized spacial score (nSPS) is 18.9. The van der Waals surface area contributed by atoms with E-state index in [9.17, 15) is 4.79 Å². The van der Waals surface area contributed by atoms with Crippen LogP contribution in [-0.2, 0) is 24.4 Å². The molecular weight excluding hydrogens is 352 g/mol. The molecule has 2 aromatic rings. The molecule has 6 nitrogen and oxygen atoms in total. The molecule has 2 aliphatic rings. The van der Waals surface area contributed by atoms with Gasteiger partial charge in [0.05, 0.1) is 17.9 Å². The number of hydrogen-bond acceptors (Lipinski definition) is 4. The van der Waals surface area contributed by atoms with Crippen LogP contribution in [0, 0.1) is 12.8 Å². The molecule has 28 heavy (non-hydrogen) atoms. The lowest BCUT2D eigenvalue weighted by molar-refractivity contribution is -0.127. The van der Waals surface area contributed by atoms with Crippen LogP contribution in [0.5, 0.6) is 0 Å². The zero-order valence-electron chi connectivity index (χ0n) is 17.1. The second kappa shape index (κ2) is 8.52. The Kier molecular flexibility index (Phi) is 5.85. The van der Waals surface area contributed by atoms with Crippen LogP contribution >= 0.6 is 0 Å². The van der Waals surface area contributed by atoms with Gasteiger partial charge in [0.25, 0.3) is 0 Å². The molecule has 6 heteroatoms. The molecule has 1 amide bonds. The van der Waals surface area contributed by atoms with Gasteiger partial charge in [-0.25, -0.2) is 0 Å². The molecule has 0 aromatic carbocycles. The molecule has 3 heterocycles. The average molecular weight is 385 g/mol. The Morgan fingerprint density at radius 1 is 1.32 bits per heavy atom. The molecule has 0 spiro atoms. The highest BCUT2D eigenvalue weighted by atomic mass is 16.3. The molecule has 0 bridgehead atoms. The number of hydrogen-bond donors (Lipinski definition) is 1. The topological polar surface area (TPSA) is 63.3 Å². The summed E-state index contributed by atoms with van der Waals surface area (Å²) in [4.78, 5) is 14.6. The highest BCUT2D eigenvalue weighted by molar-refractivity contribution is 5.79. The summed E-state index contributed by atoms with van der Waals surface area (Å²) in [7, 11) is 0. The molecule has 1 N–H and O–H groups in total. The van der Waals surface area contributed by atoms with E-state index in [0.29, 0.717) is 12.5 Å². The third kappa shape index (κ3) is 4.49. The number of aromatic nitrogens is 2. The minimum atomic E-state index is 0.193. The summed E-state index contributed by atoms with van der Waals surface area (Å²) in [6.45, 7) is 8.81. The molecule has 1 fully saturated rings. The van der Waals surface area contributed by atoms with Crippen LogP contribution in [0.3, 0.4) is 0 Å². The Morgan fingerprint density at radius 2 is 2.18 bits per heavy atom. The van der Waals surface area contributed by atoms with Crippen molar-refractivity contribution in [3.05, 3.63) is 41.1 Å². The van der Waals surface area contributed by atoms with E-state index in [4.69, 9.17) is 9.52 Å². The molecule has 0 saturated heterocycles. The van der Waals surface area contributed by atoms with Crippen LogP contribution in [0.1, 0.15) is 67.9 Å². The van der Waals surface area contributed by atoms with Crippen molar-refractivity contribution in [1.82, 2.24) is 20.0 Å². The molecule has 1 saturated carbocycles. The largest absolute Gasteiger partial charge is 0.466 e. The summed E-state index contributed by atoms with van der Waals surface area (Å²) in [6, 6.07) is 6.31. The van der Waals surface area contributed by atoms with Gasteiger partial charge < -0.3 is 9.73 Å². The standard InChI is InChI=1S/C22H32N4O2/c1-16(21-8-7-17(2)28-21)9-12-25-10-4-11-26-20(15-25)13-19(24-26)14-23-22(27)18-5-3-6-18/h7-8,13,16,18H,3-6,9-12,14-15H2,1-2H3,(H,23,27)/t16-/m0/s1. The Labute approximate surface area is 167 Å². The minimum absolute atomic E-state index is 0.193. The van der Waals surface area contributed by atoms with Crippen LogP contribution in [0.4, 0.5) is 0 Å².